The molecule has 1 fully saturated rings. The predicted molar refractivity (Wildman–Crippen MR) is 103 cm³/mol. The summed E-state index contributed by atoms with van der Waals surface area (Å²) in [5.41, 5.74) is 6.98. The van der Waals surface area contributed by atoms with Gasteiger partial charge in [0.25, 0.3) is 0 Å². The number of nitrogens with one attached hydrogen (secondary N) is 3. The third kappa shape index (κ3) is 4.57. The number of benzene rings is 2. The van der Waals surface area contributed by atoms with Gasteiger partial charge in [-0.3, -0.25) is 4.79 Å². The van der Waals surface area contributed by atoms with Crippen LogP contribution in [0.25, 0.3) is 6.08 Å². The summed E-state index contributed by atoms with van der Waals surface area (Å²) in [4.78, 5) is 12.2. The Morgan fingerprint density at radius 3 is 2.67 bits per heavy atom. The highest BCUT2D eigenvalue weighted by Crippen LogP contribution is 2.24. The molecule has 0 aliphatic carbocycles. The number of nitrogens with two attached hydrogens (primary N) is 1. The SMILES string of the molecule is N=C(/C=C/c1ccc(F)cc1)c1cc(NC(=O)[C@H]2CCCN2)c(F)cc1N. The maximum atomic E-state index is 14.2. The highest BCUT2D eigenvalue weighted by molar-refractivity contribution is 6.12. The summed E-state index contributed by atoms with van der Waals surface area (Å²) in [6.45, 7) is 0.756. The second-order valence-electron chi connectivity index (χ2n) is 6.36. The number of anilines is 2. The number of hydrogen-bond donors (Lipinski definition) is 4. The Hall–Kier alpha value is -3.06. The lowest BCUT2D eigenvalue weighted by molar-refractivity contribution is -0.117. The molecule has 1 aliphatic rings. The lowest BCUT2D eigenvalue weighted by atomic mass is 10.0. The number of halogens is 2. The molecule has 1 aliphatic heterocycles. The van der Waals surface area contributed by atoms with Crippen LogP contribution in [0.2, 0.25) is 0 Å². The van der Waals surface area contributed by atoms with E-state index in [1.165, 1.54) is 24.3 Å². The topological polar surface area (TPSA) is 91.0 Å². The van der Waals surface area contributed by atoms with Crippen LogP contribution in [0.3, 0.4) is 0 Å². The molecule has 140 valence electrons. The van der Waals surface area contributed by atoms with E-state index in [1.54, 1.807) is 18.2 Å². The normalized spacial score (nSPS) is 16.6. The molecule has 1 amide bonds. The zero-order chi connectivity index (χ0) is 19.4. The molecule has 0 unspecified atom stereocenters. The van der Waals surface area contributed by atoms with E-state index in [2.05, 4.69) is 10.6 Å². The predicted octanol–water partition coefficient (Wildman–Crippen LogP) is 3.32. The summed E-state index contributed by atoms with van der Waals surface area (Å²) in [5, 5.41) is 13.8. The standard InChI is InChI=1S/C20H20F2N4O/c21-13-6-3-12(4-7-13)5-8-16(23)14-10-19(15(22)11-17(14)24)26-20(27)18-2-1-9-25-18/h3-8,10-11,18,23,25H,1-2,9,24H2,(H,26,27)/b8-5+,23-16?/t18-/m1/s1. The smallest absolute Gasteiger partial charge is 0.241 e. The average Bonchev–Trinajstić information content (AvgIpc) is 3.18. The molecule has 1 heterocycles. The fraction of sp³-hybridized carbons (Fsp3) is 0.200. The van der Waals surface area contributed by atoms with E-state index in [9.17, 15) is 13.6 Å². The Morgan fingerprint density at radius 1 is 1.26 bits per heavy atom. The molecule has 2 aromatic carbocycles. The Bertz CT molecular complexity index is 888. The molecular weight excluding hydrogens is 350 g/mol. The van der Waals surface area contributed by atoms with Gasteiger partial charge in [0.05, 0.1) is 17.4 Å². The van der Waals surface area contributed by atoms with Crippen LogP contribution >= 0.6 is 0 Å². The highest BCUT2D eigenvalue weighted by Gasteiger charge is 2.23. The summed E-state index contributed by atoms with van der Waals surface area (Å²) >= 11 is 0. The van der Waals surface area contributed by atoms with Crippen LogP contribution in [-0.4, -0.2) is 24.2 Å². The fourth-order valence-corrected chi connectivity index (χ4v) is 2.89. The molecule has 7 heteroatoms. The first-order chi connectivity index (χ1) is 12.9. The third-order valence-electron chi connectivity index (χ3n) is 4.38. The first-order valence-electron chi connectivity index (χ1n) is 8.60. The van der Waals surface area contributed by atoms with Gasteiger partial charge in [-0.1, -0.05) is 18.2 Å². The lowest BCUT2D eigenvalue weighted by Gasteiger charge is -2.14. The van der Waals surface area contributed by atoms with E-state index in [1.807, 2.05) is 0 Å². The number of carbonyl (C=O) groups is 1. The van der Waals surface area contributed by atoms with Crippen molar-refractivity contribution in [2.75, 3.05) is 17.6 Å². The van der Waals surface area contributed by atoms with Crippen molar-refractivity contribution < 1.29 is 13.6 Å². The first-order valence-corrected chi connectivity index (χ1v) is 8.60. The number of carbonyl (C=O) groups excluding carboxylic acids is 1. The van der Waals surface area contributed by atoms with Crippen LogP contribution in [0.5, 0.6) is 0 Å². The second-order valence-corrected chi connectivity index (χ2v) is 6.36. The van der Waals surface area contributed by atoms with Crippen LogP contribution in [0.1, 0.15) is 24.0 Å². The highest BCUT2D eigenvalue weighted by atomic mass is 19.1. The Kier molecular flexibility index (Phi) is 5.61. The number of rotatable bonds is 5. The fourth-order valence-electron chi connectivity index (χ4n) is 2.89. The van der Waals surface area contributed by atoms with Crippen LogP contribution < -0.4 is 16.4 Å². The van der Waals surface area contributed by atoms with Gasteiger partial charge in [0.1, 0.15) is 11.6 Å². The van der Waals surface area contributed by atoms with Gasteiger partial charge in [-0.15, -0.1) is 0 Å². The molecule has 0 saturated carbocycles. The van der Waals surface area contributed by atoms with Crippen LogP contribution in [0, 0.1) is 17.0 Å². The number of allylic oxidation sites excluding steroid dienone is 1. The van der Waals surface area contributed by atoms with Crippen LogP contribution in [0.4, 0.5) is 20.2 Å². The molecule has 0 aromatic heterocycles. The maximum absolute atomic E-state index is 14.2. The van der Waals surface area contributed by atoms with Gasteiger partial charge in [-0.25, -0.2) is 8.78 Å². The van der Waals surface area contributed by atoms with Gasteiger partial charge in [0.2, 0.25) is 5.91 Å². The molecule has 5 nitrogen and oxygen atoms in total. The van der Waals surface area contributed by atoms with Crippen molar-refractivity contribution in [1.82, 2.24) is 5.32 Å². The van der Waals surface area contributed by atoms with Gasteiger partial charge in [0, 0.05) is 11.3 Å². The van der Waals surface area contributed by atoms with E-state index in [4.69, 9.17) is 11.1 Å². The van der Waals surface area contributed by atoms with Crippen LogP contribution in [0.15, 0.2) is 42.5 Å². The van der Waals surface area contributed by atoms with Crippen molar-refractivity contribution in [3.63, 3.8) is 0 Å². The molecular formula is C20H20F2N4O. The van der Waals surface area contributed by atoms with E-state index in [-0.39, 0.29) is 34.9 Å². The number of hydrogen-bond acceptors (Lipinski definition) is 4. The van der Waals surface area contributed by atoms with Gasteiger partial charge in [-0.05, 0) is 55.3 Å². The van der Waals surface area contributed by atoms with Gasteiger partial charge < -0.3 is 21.8 Å². The molecule has 1 atom stereocenters. The minimum absolute atomic E-state index is 0.0159. The molecule has 1 saturated heterocycles. The number of amides is 1. The first kappa shape index (κ1) is 18.7. The zero-order valence-corrected chi connectivity index (χ0v) is 14.6. The Balaban J connectivity index is 1.78. The third-order valence-corrected chi connectivity index (χ3v) is 4.38. The molecule has 0 radical (unpaired) electrons. The summed E-state index contributed by atoms with van der Waals surface area (Å²) in [6, 6.07) is 7.90. The minimum Gasteiger partial charge on any atom is -0.398 e. The molecule has 0 spiro atoms. The second kappa shape index (κ2) is 8.09. The average molecular weight is 370 g/mol. The zero-order valence-electron chi connectivity index (χ0n) is 14.6. The van der Waals surface area contributed by atoms with Gasteiger partial charge >= 0.3 is 0 Å². The van der Waals surface area contributed by atoms with Gasteiger partial charge in [-0.2, -0.15) is 0 Å². The van der Waals surface area contributed by atoms with Crippen LogP contribution in [-0.2, 0) is 4.79 Å². The monoisotopic (exact) mass is 370 g/mol. The molecule has 3 rings (SSSR count). The van der Waals surface area contributed by atoms with Crippen molar-refractivity contribution in [3.05, 3.63) is 65.2 Å². The van der Waals surface area contributed by atoms with Crippen molar-refractivity contribution in [2.24, 2.45) is 0 Å². The minimum atomic E-state index is -0.655. The lowest BCUT2D eigenvalue weighted by Crippen LogP contribution is -2.35. The van der Waals surface area contributed by atoms with Crippen molar-refractivity contribution >= 4 is 29.1 Å². The van der Waals surface area contributed by atoms with E-state index >= 15 is 0 Å². The Morgan fingerprint density at radius 2 is 2.00 bits per heavy atom. The molecule has 27 heavy (non-hydrogen) atoms. The molecule has 5 N–H and O–H groups in total. The maximum Gasteiger partial charge on any atom is 0.241 e. The summed E-state index contributed by atoms with van der Waals surface area (Å²) in [5.74, 6) is -1.31. The molecule has 2 aromatic rings. The summed E-state index contributed by atoms with van der Waals surface area (Å²) < 4.78 is 27.1. The largest absolute Gasteiger partial charge is 0.398 e. The van der Waals surface area contributed by atoms with E-state index < -0.39 is 5.82 Å². The van der Waals surface area contributed by atoms with E-state index in [0.29, 0.717) is 17.5 Å². The van der Waals surface area contributed by atoms with Crippen molar-refractivity contribution in [1.29, 1.82) is 5.41 Å². The number of nitrogen functional groups attached to an aromatic ring is 1. The summed E-state index contributed by atoms with van der Waals surface area (Å²) in [6.07, 6.45) is 4.71. The summed E-state index contributed by atoms with van der Waals surface area (Å²) in [7, 11) is 0. The molecule has 0 bridgehead atoms. The van der Waals surface area contributed by atoms with Gasteiger partial charge in [0.15, 0.2) is 0 Å². The van der Waals surface area contributed by atoms with Crippen molar-refractivity contribution in [2.45, 2.75) is 18.9 Å². The Labute approximate surface area is 155 Å². The van der Waals surface area contributed by atoms with Crippen molar-refractivity contribution in [3.8, 4) is 0 Å². The van der Waals surface area contributed by atoms with E-state index in [0.717, 1.165) is 19.0 Å². The quantitative estimate of drug-likeness (QED) is 0.481.